The molecule has 4 aromatic rings. The highest BCUT2D eigenvalue weighted by atomic mass is 127. The monoisotopic (exact) mass is 708 g/mol. The van der Waals surface area contributed by atoms with Crippen LogP contribution >= 0.6 is 35.7 Å². The lowest BCUT2D eigenvalue weighted by atomic mass is 10.0. The summed E-state index contributed by atoms with van der Waals surface area (Å²) in [5.74, 6) is 0.0566. The van der Waals surface area contributed by atoms with Crippen LogP contribution in [0.2, 0.25) is 0 Å². The van der Waals surface area contributed by atoms with Crippen LogP contribution in [-0.2, 0) is 20.9 Å². The molecular formula is C34H37IN4O3S. The van der Waals surface area contributed by atoms with E-state index in [1.165, 1.54) is 10.3 Å². The van der Waals surface area contributed by atoms with Crippen molar-refractivity contribution in [3.63, 3.8) is 0 Å². The molecule has 2 aliphatic rings. The van der Waals surface area contributed by atoms with Crippen LogP contribution in [0.5, 0.6) is 0 Å². The number of benzene rings is 4. The van der Waals surface area contributed by atoms with Crippen molar-refractivity contribution in [1.29, 1.82) is 5.41 Å². The van der Waals surface area contributed by atoms with Gasteiger partial charge in [-0.25, -0.2) is 0 Å². The molecule has 1 fully saturated rings. The number of amides is 1. The summed E-state index contributed by atoms with van der Waals surface area (Å²) in [6.45, 7) is 4.85. The lowest BCUT2D eigenvalue weighted by Gasteiger charge is -2.34. The van der Waals surface area contributed by atoms with Gasteiger partial charge in [0, 0.05) is 15.4 Å². The molecule has 2 heterocycles. The van der Waals surface area contributed by atoms with E-state index in [9.17, 15) is 10.2 Å². The molecule has 224 valence electrons. The van der Waals surface area contributed by atoms with E-state index in [1.54, 1.807) is 11.8 Å². The number of ether oxygens (including phenoxy) is 2. The lowest BCUT2D eigenvalue weighted by Crippen LogP contribution is -2.54. The van der Waals surface area contributed by atoms with Crippen LogP contribution in [0, 0.1) is 11.3 Å². The number of nitrogens with zero attached hydrogens (tertiary/aromatic N) is 1. The number of nitrogens with one attached hydrogen (secondary N) is 2. The number of halogens is 1. The third-order valence-electron chi connectivity index (χ3n) is 7.72. The smallest absolute Gasteiger partial charge is 0.245 e. The van der Waals surface area contributed by atoms with Gasteiger partial charge in [-0.15, -0.1) is 24.0 Å². The van der Waals surface area contributed by atoms with Crippen molar-refractivity contribution in [2.24, 2.45) is 11.7 Å². The lowest BCUT2D eigenvalue weighted by molar-refractivity contribution is -0.152. The molecule has 0 spiro atoms. The Bertz CT molecular complexity index is 1630. The van der Waals surface area contributed by atoms with E-state index in [0.29, 0.717) is 31.6 Å². The fraction of sp³-hybridized carbons (Fsp3) is 0.294. The second-order valence-electron chi connectivity index (χ2n) is 11.3. The summed E-state index contributed by atoms with van der Waals surface area (Å²) in [7, 11) is 0. The molecule has 1 amide bonds. The second kappa shape index (κ2) is 13.8. The minimum atomic E-state index is -0.731. The third-order valence-corrected chi connectivity index (χ3v) is 8.87. The van der Waals surface area contributed by atoms with Crippen molar-refractivity contribution in [3.05, 3.63) is 96.1 Å². The van der Waals surface area contributed by atoms with Gasteiger partial charge >= 0.3 is 0 Å². The Balaban J connectivity index is 0.00000368. The quantitative estimate of drug-likeness (QED) is 0.0876. The van der Waals surface area contributed by atoms with Gasteiger partial charge in [0.1, 0.15) is 5.84 Å². The Morgan fingerprint density at radius 3 is 2.58 bits per heavy atom. The van der Waals surface area contributed by atoms with Crippen LogP contribution in [0.1, 0.15) is 37.8 Å². The van der Waals surface area contributed by atoms with Crippen LogP contribution in [0.15, 0.2) is 94.7 Å². The maximum Gasteiger partial charge on any atom is 0.245 e. The largest absolute Gasteiger partial charge is 0.354 e. The normalized spacial score (nSPS) is 17.9. The number of anilines is 2. The first kappa shape index (κ1) is 31.5. The summed E-state index contributed by atoms with van der Waals surface area (Å²) in [5.41, 5.74) is 10.0. The first-order chi connectivity index (χ1) is 20.4. The molecule has 1 unspecified atom stereocenters. The molecule has 1 saturated heterocycles. The first-order valence-electron chi connectivity index (χ1n) is 14.4. The van der Waals surface area contributed by atoms with Crippen molar-refractivity contribution in [1.82, 2.24) is 4.90 Å². The van der Waals surface area contributed by atoms with Crippen LogP contribution in [0.3, 0.4) is 0 Å². The minimum absolute atomic E-state index is 0. The molecule has 0 bridgehead atoms. The summed E-state index contributed by atoms with van der Waals surface area (Å²) in [6, 6.07) is 27.2. The summed E-state index contributed by atoms with van der Waals surface area (Å²) < 4.78 is 12.3. The van der Waals surface area contributed by atoms with Gasteiger partial charge in [0.2, 0.25) is 5.91 Å². The maximum atomic E-state index is 13.9. The Hall–Kier alpha value is -2.96. The number of carbonyl (C=O) groups is 1. The number of fused-ring (bicyclic) bond motifs is 3. The highest BCUT2D eigenvalue weighted by molar-refractivity contribution is 14.0. The van der Waals surface area contributed by atoms with Crippen LogP contribution in [0.4, 0.5) is 11.4 Å². The van der Waals surface area contributed by atoms with Crippen molar-refractivity contribution < 1.29 is 14.3 Å². The van der Waals surface area contributed by atoms with Gasteiger partial charge in [-0.05, 0) is 71.5 Å². The average molecular weight is 709 g/mol. The predicted molar refractivity (Wildman–Crippen MR) is 184 cm³/mol. The molecule has 4 aromatic carbocycles. The number of para-hydroxylation sites is 1. The van der Waals surface area contributed by atoms with Gasteiger partial charge in [0.25, 0.3) is 0 Å². The number of amidine groups is 1. The highest BCUT2D eigenvalue weighted by Crippen LogP contribution is 2.44. The molecule has 43 heavy (non-hydrogen) atoms. The van der Waals surface area contributed by atoms with Crippen molar-refractivity contribution in [2.45, 2.75) is 61.5 Å². The Morgan fingerprint density at radius 2 is 1.77 bits per heavy atom. The zero-order valence-electron chi connectivity index (χ0n) is 24.3. The standard InChI is InChI=1S/C34H36N4O3S.HI/c1-21(2)17-26(35)33(39)38(32(36)25-13-14-31-28(19-25)37-27-9-5-6-10-30(27)42-31)29-15-16-40-34(29)41-20-22-11-12-23-7-3-4-8-24(23)18-22;/h3-14,18-19,21,26,29,34,36-37H,15-17,20,35H2,1-2H3;1H/t26-,29-,34?;/m0./s1. The third kappa shape index (κ3) is 6.91. The van der Waals surface area contributed by atoms with E-state index in [2.05, 4.69) is 35.6 Å². The molecule has 9 heteroatoms. The highest BCUT2D eigenvalue weighted by Gasteiger charge is 2.41. The molecule has 0 saturated carbocycles. The van der Waals surface area contributed by atoms with Gasteiger partial charge in [0.05, 0.1) is 36.7 Å². The van der Waals surface area contributed by atoms with Crippen molar-refractivity contribution in [2.75, 3.05) is 11.9 Å². The minimum Gasteiger partial charge on any atom is -0.354 e. The van der Waals surface area contributed by atoms with Crippen molar-refractivity contribution in [3.8, 4) is 0 Å². The fourth-order valence-corrected chi connectivity index (χ4v) is 6.59. The number of nitrogens with two attached hydrogens (primary N) is 1. The molecule has 7 nitrogen and oxygen atoms in total. The van der Waals surface area contributed by atoms with Crippen LogP contribution in [-0.4, -0.2) is 41.6 Å². The Labute approximate surface area is 274 Å². The van der Waals surface area contributed by atoms with E-state index in [-0.39, 0.29) is 41.6 Å². The van der Waals surface area contributed by atoms with E-state index < -0.39 is 18.4 Å². The number of hydrogen-bond acceptors (Lipinski definition) is 7. The van der Waals surface area contributed by atoms with Gasteiger partial charge in [0.15, 0.2) is 6.29 Å². The van der Waals surface area contributed by atoms with Gasteiger partial charge in [-0.3, -0.25) is 15.1 Å². The van der Waals surface area contributed by atoms with Crippen LogP contribution < -0.4 is 11.1 Å². The summed E-state index contributed by atoms with van der Waals surface area (Å²) in [5, 5.41) is 15.1. The average Bonchev–Trinajstić information content (AvgIpc) is 3.46. The summed E-state index contributed by atoms with van der Waals surface area (Å²) in [6.07, 6.45) is 0.403. The number of rotatable bonds is 8. The predicted octanol–water partition coefficient (Wildman–Crippen LogP) is 7.53. The number of carbonyl (C=O) groups excluding carboxylic acids is 1. The Kier molecular flexibility index (Phi) is 10.1. The van der Waals surface area contributed by atoms with E-state index in [0.717, 1.165) is 32.1 Å². The van der Waals surface area contributed by atoms with Gasteiger partial charge in [-0.1, -0.05) is 74.1 Å². The number of hydrogen-bond donors (Lipinski definition) is 3. The van der Waals surface area contributed by atoms with Crippen molar-refractivity contribution >= 4 is 69.6 Å². The summed E-state index contributed by atoms with van der Waals surface area (Å²) >= 11 is 1.69. The SMILES string of the molecule is CC(C)C[C@H](N)C(=O)N(C(=N)c1ccc2c(c1)Nc1ccccc1S2)[C@H]1CCOC1OCc1ccc2ccccc2c1.I. The zero-order valence-corrected chi connectivity index (χ0v) is 27.4. The molecule has 0 radical (unpaired) electrons. The molecular weight excluding hydrogens is 671 g/mol. The van der Waals surface area contributed by atoms with E-state index in [1.807, 2.05) is 68.4 Å². The summed E-state index contributed by atoms with van der Waals surface area (Å²) in [4.78, 5) is 17.7. The topological polar surface area (TPSA) is 101 Å². The molecule has 6 rings (SSSR count). The zero-order chi connectivity index (χ0) is 29.2. The van der Waals surface area contributed by atoms with E-state index >= 15 is 0 Å². The van der Waals surface area contributed by atoms with Gasteiger partial charge in [-0.2, -0.15) is 0 Å². The van der Waals surface area contributed by atoms with Gasteiger partial charge < -0.3 is 20.5 Å². The maximum absolute atomic E-state index is 13.9. The molecule has 0 aromatic heterocycles. The van der Waals surface area contributed by atoms with Crippen LogP contribution in [0.25, 0.3) is 10.8 Å². The molecule has 3 atom stereocenters. The fourth-order valence-electron chi connectivity index (χ4n) is 5.62. The second-order valence-corrected chi connectivity index (χ2v) is 12.4. The molecule has 0 aliphatic carbocycles. The molecule has 4 N–H and O–H groups in total. The van der Waals surface area contributed by atoms with E-state index in [4.69, 9.17) is 15.2 Å². The Morgan fingerprint density at radius 1 is 1.02 bits per heavy atom. The first-order valence-corrected chi connectivity index (χ1v) is 15.3. The molecule has 2 aliphatic heterocycles.